The van der Waals surface area contributed by atoms with Crippen molar-refractivity contribution >= 4 is 12.1 Å². The molecule has 2 atom stereocenters. The van der Waals surface area contributed by atoms with Gasteiger partial charge in [0.1, 0.15) is 0 Å². The predicted molar refractivity (Wildman–Crippen MR) is 77.1 cm³/mol. The van der Waals surface area contributed by atoms with Crippen molar-refractivity contribution in [1.82, 2.24) is 0 Å². The molecule has 0 aliphatic heterocycles. The van der Waals surface area contributed by atoms with Crippen molar-refractivity contribution in [3.05, 3.63) is 34.4 Å². The molecule has 0 fully saturated rings. The number of carbonyl (C=O) groups excluding carboxylic acids is 2. The van der Waals surface area contributed by atoms with Crippen LogP contribution in [0.25, 0.3) is 0 Å². The minimum Gasteiger partial charge on any atom is -0.298 e. The second kappa shape index (κ2) is 4.59. The maximum Gasteiger partial charge on any atom is 0.160 e. The van der Waals surface area contributed by atoms with E-state index in [0.29, 0.717) is 23.0 Å². The Labute approximate surface area is 115 Å². The lowest BCUT2D eigenvalue weighted by molar-refractivity contribution is 0.100. The number of aldehydes is 1. The van der Waals surface area contributed by atoms with Gasteiger partial charge in [0.25, 0.3) is 0 Å². The molecule has 0 N–H and O–H groups in total. The number of benzene rings is 1. The third-order valence-corrected chi connectivity index (χ3v) is 4.63. The summed E-state index contributed by atoms with van der Waals surface area (Å²) in [5, 5.41) is 0. The molecule has 2 rings (SSSR count). The summed E-state index contributed by atoms with van der Waals surface area (Å²) in [6.45, 7) is 10.4. The van der Waals surface area contributed by atoms with E-state index in [2.05, 4.69) is 27.7 Å². The smallest absolute Gasteiger partial charge is 0.160 e. The molecular formula is C17H22O2. The minimum atomic E-state index is -0.0352. The van der Waals surface area contributed by atoms with Gasteiger partial charge in [-0.1, -0.05) is 27.7 Å². The lowest BCUT2D eigenvalue weighted by atomic mass is 9.64. The van der Waals surface area contributed by atoms with Crippen molar-refractivity contribution in [2.75, 3.05) is 0 Å². The van der Waals surface area contributed by atoms with Crippen LogP contribution in [0.3, 0.4) is 0 Å². The second-order valence-corrected chi connectivity index (χ2v) is 6.55. The maximum atomic E-state index is 11.7. The van der Waals surface area contributed by atoms with E-state index in [4.69, 9.17) is 0 Å². The average Bonchev–Trinajstić information content (AvgIpc) is 2.34. The van der Waals surface area contributed by atoms with Gasteiger partial charge in [-0.3, -0.25) is 9.59 Å². The normalized spacial score (nSPS) is 24.7. The number of hydrogen-bond donors (Lipinski definition) is 0. The molecule has 2 nitrogen and oxygen atoms in total. The van der Waals surface area contributed by atoms with E-state index in [1.54, 1.807) is 0 Å². The van der Waals surface area contributed by atoms with Gasteiger partial charge in [0.15, 0.2) is 12.1 Å². The molecule has 0 saturated heterocycles. The van der Waals surface area contributed by atoms with Gasteiger partial charge in [0, 0.05) is 11.1 Å². The fourth-order valence-electron chi connectivity index (χ4n) is 3.40. The summed E-state index contributed by atoms with van der Waals surface area (Å²) in [4.78, 5) is 22.9. The standard InChI is InChI=1S/C17H22O2/c1-10-8-17(4,5)16-7-15(12(3)19)13(9-18)6-14(16)11(10)2/h6-7,9-11H,8H2,1-5H3. The highest BCUT2D eigenvalue weighted by molar-refractivity contribution is 6.01. The number of fused-ring (bicyclic) bond motifs is 1. The highest BCUT2D eigenvalue weighted by Gasteiger charge is 2.36. The van der Waals surface area contributed by atoms with Gasteiger partial charge in [0.2, 0.25) is 0 Å². The van der Waals surface area contributed by atoms with Gasteiger partial charge in [-0.15, -0.1) is 0 Å². The fourth-order valence-corrected chi connectivity index (χ4v) is 3.40. The largest absolute Gasteiger partial charge is 0.298 e. The van der Waals surface area contributed by atoms with Crippen molar-refractivity contribution < 1.29 is 9.59 Å². The molecule has 1 aliphatic carbocycles. The van der Waals surface area contributed by atoms with Crippen LogP contribution in [-0.2, 0) is 5.41 Å². The van der Waals surface area contributed by atoms with E-state index in [1.165, 1.54) is 18.1 Å². The summed E-state index contributed by atoms with van der Waals surface area (Å²) >= 11 is 0. The van der Waals surface area contributed by atoms with Crippen LogP contribution >= 0.6 is 0 Å². The summed E-state index contributed by atoms with van der Waals surface area (Å²) < 4.78 is 0. The van der Waals surface area contributed by atoms with Crippen molar-refractivity contribution in [3.8, 4) is 0 Å². The zero-order valence-corrected chi connectivity index (χ0v) is 12.4. The Morgan fingerprint density at radius 2 is 1.95 bits per heavy atom. The number of rotatable bonds is 2. The molecule has 0 saturated carbocycles. The van der Waals surface area contributed by atoms with Gasteiger partial charge in [0.05, 0.1) is 0 Å². The molecule has 2 heteroatoms. The van der Waals surface area contributed by atoms with Crippen LogP contribution < -0.4 is 0 Å². The quantitative estimate of drug-likeness (QED) is 0.590. The molecule has 2 unspecified atom stereocenters. The Hall–Kier alpha value is -1.44. The Balaban J connectivity index is 2.72. The summed E-state index contributed by atoms with van der Waals surface area (Å²) in [5.74, 6) is 0.986. The van der Waals surface area contributed by atoms with Gasteiger partial charge in [-0.05, 0) is 53.9 Å². The Kier molecular flexibility index (Phi) is 3.38. The van der Waals surface area contributed by atoms with Gasteiger partial charge in [-0.25, -0.2) is 0 Å². The van der Waals surface area contributed by atoms with E-state index in [-0.39, 0.29) is 11.2 Å². The fraction of sp³-hybridized carbons (Fsp3) is 0.529. The van der Waals surface area contributed by atoms with E-state index >= 15 is 0 Å². The molecule has 0 amide bonds. The number of hydrogen-bond acceptors (Lipinski definition) is 2. The van der Waals surface area contributed by atoms with Gasteiger partial charge >= 0.3 is 0 Å². The number of ketones is 1. The molecule has 1 aromatic carbocycles. The zero-order chi connectivity index (χ0) is 14.4. The predicted octanol–water partition coefficient (Wildman–Crippen LogP) is 4.12. The molecule has 0 radical (unpaired) electrons. The van der Waals surface area contributed by atoms with Crippen LogP contribution in [-0.4, -0.2) is 12.1 Å². The van der Waals surface area contributed by atoms with Crippen LogP contribution in [0.1, 0.15) is 78.8 Å². The summed E-state index contributed by atoms with van der Waals surface area (Å²) in [6.07, 6.45) is 1.91. The summed E-state index contributed by atoms with van der Waals surface area (Å²) in [7, 11) is 0. The van der Waals surface area contributed by atoms with Crippen molar-refractivity contribution in [2.24, 2.45) is 5.92 Å². The first-order valence-electron chi connectivity index (χ1n) is 6.92. The van der Waals surface area contributed by atoms with E-state index in [0.717, 1.165) is 12.7 Å². The molecule has 102 valence electrons. The lowest BCUT2D eigenvalue weighted by Gasteiger charge is -2.40. The lowest BCUT2D eigenvalue weighted by Crippen LogP contribution is -2.31. The monoisotopic (exact) mass is 258 g/mol. The van der Waals surface area contributed by atoms with Crippen molar-refractivity contribution in [2.45, 2.75) is 52.4 Å². The SMILES string of the molecule is CC(=O)c1cc2c(cc1C=O)C(C)C(C)CC2(C)C. The number of Topliss-reactive ketones (excluding diaryl/α,β-unsaturated/α-hetero) is 1. The molecule has 1 aliphatic rings. The summed E-state index contributed by atoms with van der Waals surface area (Å²) in [6, 6.07) is 3.88. The molecular weight excluding hydrogens is 236 g/mol. The third kappa shape index (κ3) is 2.24. The average molecular weight is 258 g/mol. The van der Waals surface area contributed by atoms with Crippen LogP contribution in [0.15, 0.2) is 12.1 Å². The molecule has 0 aromatic heterocycles. The second-order valence-electron chi connectivity index (χ2n) is 6.55. The Bertz CT molecular complexity index is 540. The van der Waals surface area contributed by atoms with Gasteiger partial charge < -0.3 is 0 Å². The first-order chi connectivity index (χ1) is 8.77. The van der Waals surface area contributed by atoms with Crippen LogP contribution in [0, 0.1) is 5.92 Å². The minimum absolute atomic E-state index is 0.0352. The topological polar surface area (TPSA) is 34.1 Å². The molecule has 19 heavy (non-hydrogen) atoms. The Morgan fingerprint density at radius 1 is 1.32 bits per heavy atom. The molecule has 1 aromatic rings. The highest BCUT2D eigenvalue weighted by Crippen LogP contribution is 2.46. The maximum absolute atomic E-state index is 11.7. The van der Waals surface area contributed by atoms with E-state index in [9.17, 15) is 9.59 Å². The molecule has 0 heterocycles. The first kappa shape index (κ1) is 14.0. The van der Waals surface area contributed by atoms with Crippen molar-refractivity contribution in [3.63, 3.8) is 0 Å². The molecule has 0 spiro atoms. The summed E-state index contributed by atoms with van der Waals surface area (Å²) in [5.41, 5.74) is 3.61. The zero-order valence-electron chi connectivity index (χ0n) is 12.4. The first-order valence-corrected chi connectivity index (χ1v) is 6.92. The van der Waals surface area contributed by atoms with Crippen LogP contribution in [0.5, 0.6) is 0 Å². The highest BCUT2D eigenvalue weighted by atomic mass is 16.1. The van der Waals surface area contributed by atoms with Crippen molar-refractivity contribution in [1.29, 1.82) is 0 Å². The van der Waals surface area contributed by atoms with Gasteiger partial charge in [-0.2, -0.15) is 0 Å². The van der Waals surface area contributed by atoms with Crippen LogP contribution in [0.4, 0.5) is 0 Å². The van der Waals surface area contributed by atoms with E-state index in [1.807, 2.05) is 12.1 Å². The molecule has 0 bridgehead atoms. The van der Waals surface area contributed by atoms with E-state index < -0.39 is 0 Å². The van der Waals surface area contributed by atoms with Crippen LogP contribution in [0.2, 0.25) is 0 Å². The Morgan fingerprint density at radius 3 is 2.47 bits per heavy atom. The third-order valence-electron chi connectivity index (χ3n) is 4.63. The number of carbonyl (C=O) groups is 2.